The Hall–Kier alpha value is -8.42. The molecule has 4 fully saturated rings. The van der Waals surface area contributed by atoms with Crippen LogP contribution in [0.4, 0.5) is 28.4 Å². The van der Waals surface area contributed by atoms with E-state index in [1.54, 1.807) is 13.8 Å². The van der Waals surface area contributed by atoms with Crippen molar-refractivity contribution >= 4 is 169 Å². The van der Waals surface area contributed by atoms with Crippen molar-refractivity contribution in [1.29, 1.82) is 0 Å². The molecule has 0 radical (unpaired) electrons. The highest BCUT2D eigenvalue weighted by Crippen LogP contribution is 2.40. The number of amides is 2. The second kappa shape index (κ2) is 30.9. The topological polar surface area (TPSA) is 241 Å². The van der Waals surface area contributed by atoms with Gasteiger partial charge in [-0.05, 0) is 138 Å². The molecule has 5 aliphatic rings. The third-order valence-corrected chi connectivity index (χ3v) is 22.1. The number of fused-ring (bicyclic) bond motifs is 6. The Bertz CT molecular complexity index is 5010. The van der Waals surface area contributed by atoms with Gasteiger partial charge in [-0.3, -0.25) is 14.4 Å². The summed E-state index contributed by atoms with van der Waals surface area (Å²) < 4.78 is 40.9. The van der Waals surface area contributed by atoms with Gasteiger partial charge in [0.05, 0.1) is 51.9 Å². The summed E-state index contributed by atoms with van der Waals surface area (Å²) in [7, 11) is -3.13. The number of benzene rings is 6. The number of rotatable bonds is 7. The lowest BCUT2D eigenvalue weighted by Crippen LogP contribution is -2.60. The van der Waals surface area contributed by atoms with Crippen molar-refractivity contribution in [2.45, 2.75) is 79.8 Å². The molecule has 4 saturated heterocycles. The smallest absolute Gasteiger partial charge is 0.306 e. The van der Waals surface area contributed by atoms with Crippen LogP contribution in [0.5, 0.6) is 0 Å². The van der Waals surface area contributed by atoms with E-state index >= 15 is 0 Å². The number of piperazine rings is 3. The van der Waals surface area contributed by atoms with Crippen molar-refractivity contribution in [1.82, 2.24) is 39.5 Å². The molecule has 0 bridgehead atoms. The van der Waals surface area contributed by atoms with E-state index in [4.69, 9.17) is 76.7 Å². The van der Waals surface area contributed by atoms with Gasteiger partial charge >= 0.3 is 5.97 Å². The molecule has 538 valence electrons. The molecule has 11 aromatic rings. The van der Waals surface area contributed by atoms with E-state index in [1.165, 1.54) is 32.8 Å². The minimum atomic E-state index is -3.13. The van der Waals surface area contributed by atoms with Gasteiger partial charge in [0.15, 0.2) is 16.7 Å². The van der Waals surface area contributed by atoms with Gasteiger partial charge in [-0.15, -0.1) is 0 Å². The number of aromatic nitrogens is 5. The van der Waals surface area contributed by atoms with Crippen LogP contribution in [0, 0.1) is 26.7 Å². The molecule has 0 aliphatic carbocycles. The van der Waals surface area contributed by atoms with Crippen molar-refractivity contribution in [3.8, 4) is 0 Å². The highest BCUT2D eigenvalue weighted by molar-refractivity contribution is 7.88. The molecule has 2 amide bonds. The van der Waals surface area contributed by atoms with Gasteiger partial charge in [0, 0.05) is 199 Å². The molecule has 5 aromatic heterocycles. The summed E-state index contributed by atoms with van der Waals surface area (Å²) in [6.45, 7) is 23.8. The predicted molar refractivity (Wildman–Crippen MR) is 408 cm³/mol. The lowest BCUT2D eigenvalue weighted by atomic mass is 9.96. The van der Waals surface area contributed by atoms with Crippen LogP contribution in [0.15, 0.2) is 123 Å². The fourth-order valence-corrected chi connectivity index (χ4v) is 16.2. The fourth-order valence-electron chi connectivity index (χ4n) is 14.3. The van der Waals surface area contributed by atoms with Gasteiger partial charge < -0.3 is 62.9 Å². The monoisotopic (exact) mass is 1500 g/mol. The molecule has 5 aliphatic heterocycles. The standard InChI is InChI=1S/C17H15ClN2.C16H20ClN3O2.C14H16ClN3O2.C14H15ClN2O2.C13H16ClN3O3S/c18-14-9-16-15(5-7-19-16)17(10-14)20-8-6-12-3-1-2-4-13(12)11-20;1-10-13-7-12(17)8-14(15(13)22-18-10)19-5-6-20(11(2)21)16(3,4)9-19;1-9-12-7-11(15)8-13(14(12)20-16-9)18-5-3-17(4-6-18)10(2)19;15-10-7-12-11(1-4-16-12)13(8-10)17-5-2-9(3-6-17)14(18)19;1-9-11-7-10(14)8-12(13(11)20-15-9)16-3-5-17(6-4-16)21(2,18)19/h1-5,7,9-10,19H,6,8,11H2;7-8H,5-6,9H2,1-4H3;7-8H,3-6H2,1-2H3;1,4,7-9,16H,2-3,5-6H2,(H,18,19);7-8H,3-6H2,1-2H3. The molecule has 6 aromatic carbocycles. The number of nitrogens with one attached hydrogen (secondary N) is 2. The van der Waals surface area contributed by atoms with Crippen LogP contribution in [-0.4, -0.2) is 174 Å². The normalized spacial score (nSPS) is 16.7. The summed E-state index contributed by atoms with van der Waals surface area (Å²) in [4.78, 5) is 55.4. The van der Waals surface area contributed by atoms with Crippen LogP contribution in [0.25, 0.3) is 54.7 Å². The second-order valence-electron chi connectivity index (χ2n) is 27.0. The maximum absolute atomic E-state index is 11.8. The highest BCUT2D eigenvalue weighted by Gasteiger charge is 2.37. The van der Waals surface area contributed by atoms with E-state index in [0.29, 0.717) is 71.2 Å². The molecule has 0 atom stereocenters. The van der Waals surface area contributed by atoms with Gasteiger partial charge in [-0.25, -0.2) is 8.42 Å². The van der Waals surface area contributed by atoms with Crippen molar-refractivity contribution in [2.75, 3.05) is 122 Å². The van der Waals surface area contributed by atoms with Crippen molar-refractivity contribution < 1.29 is 41.5 Å². The molecule has 22 nitrogen and oxygen atoms in total. The minimum absolute atomic E-state index is 0.108. The zero-order chi connectivity index (χ0) is 72.5. The number of aromatic amines is 2. The maximum atomic E-state index is 11.8. The number of anilines is 5. The molecule has 0 spiro atoms. The number of nitrogens with zero attached hydrogens (tertiary/aromatic N) is 11. The lowest BCUT2D eigenvalue weighted by Gasteiger charge is -2.47. The summed E-state index contributed by atoms with van der Waals surface area (Å²) >= 11 is 31.0. The molecule has 0 unspecified atom stereocenters. The molecular formula is C74H82Cl5N13O9S. The Morgan fingerprint density at radius 3 is 1.35 bits per heavy atom. The fraction of sp³-hybridized carbons (Fsp3) is 0.378. The predicted octanol–water partition coefficient (Wildman–Crippen LogP) is 15.1. The first-order chi connectivity index (χ1) is 48.7. The van der Waals surface area contributed by atoms with Gasteiger partial charge in [-0.2, -0.15) is 4.31 Å². The van der Waals surface area contributed by atoms with Crippen LogP contribution in [0.1, 0.15) is 68.7 Å². The first-order valence-corrected chi connectivity index (χ1v) is 37.6. The van der Waals surface area contributed by atoms with Gasteiger partial charge in [0.2, 0.25) is 21.8 Å². The number of H-pyrrole nitrogens is 2. The average molecular weight is 1510 g/mol. The largest absolute Gasteiger partial charge is 0.481 e. The number of hydrogen-bond acceptors (Lipinski definition) is 16. The quantitative estimate of drug-likeness (QED) is 0.134. The zero-order valence-corrected chi connectivity index (χ0v) is 62.7. The first kappa shape index (κ1) is 73.3. The minimum Gasteiger partial charge on any atom is -0.481 e. The summed E-state index contributed by atoms with van der Waals surface area (Å²) in [5, 5.41) is 29.7. The lowest BCUT2D eigenvalue weighted by molar-refractivity contribution is -0.142. The molecule has 28 heteroatoms. The summed E-state index contributed by atoms with van der Waals surface area (Å²) in [5.41, 5.74) is 14.5. The number of halogens is 5. The summed E-state index contributed by atoms with van der Waals surface area (Å²) in [5.74, 6) is -0.664. The molecule has 102 heavy (non-hydrogen) atoms. The van der Waals surface area contributed by atoms with E-state index < -0.39 is 16.0 Å². The van der Waals surface area contributed by atoms with Crippen LogP contribution >= 0.6 is 58.0 Å². The number of carbonyl (C=O) groups is 3. The number of aliphatic carboxylic acids is 1. The van der Waals surface area contributed by atoms with Crippen LogP contribution in [0.2, 0.25) is 25.1 Å². The Kier molecular flexibility index (Phi) is 22.2. The third kappa shape index (κ3) is 16.3. The number of carboxylic acids is 1. The SMILES string of the molecule is CC(=O)N1CCN(c2cc(Cl)cc3c(C)noc23)CC1.CC(=O)N1CCN(c2cc(Cl)cc3c(C)noc23)CC1(C)C.Cc1noc2c(N3CCN(S(C)(=O)=O)CC3)cc(Cl)cc12.Clc1cc(N2CCc3ccccc3C2)c2cc[nH]c2c1.O=C(O)C1CCN(c2cc(Cl)cc3[nH]ccc23)CC1. The number of hydrogen-bond donors (Lipinski definition) is 3. The van der Waals surface area contributed by atoms with Crippen molar-refractivity contribution in [3.63, 3.8) is 0 Å². The number of aryl methyl sites for hydroxylation is 3. The first-order valence-electron chi connectivity index (χ1n) is 33.9. The van der Waals surface area contributed by atoms with Crippen molar-refractivity contribution in [2.24, 2.45) is 5.92 Å². The van der Waals surface area contributed by atoms with E-state index in [2.05, 4.69) is 100 Å². The third-order valence-electron chi connectivity index (χ3n) is 19.7. The van der Waals surface area contributed by atoms with Gasteiger partial charge in [0.1, 0.15) is 0 Å². The summed E-state index contributed by atoms with van der Waals surface area (Å²) in [6.07, 6.45) is 7.58. The number of piperidine rings is 1. The number of carboxylic acid groups (broad SMARTS) is 1. The van der Waals surface area contributed by atoms with Crippen molar-refractivity contribution in [3.05, 3.63) is 163 Å². The highest BCUT2D eigenvalue weighted by atomic mass is 35.5. The molecule has 3 N–H and O–H groups in total. The Labute approximate surface area is 616 Å². The van der Waals surface area contributed by atoms with Crippen LogP contribution < -0.4 is 24.5 Å². The average Bonchev–Trinajstić information content (AvgIpc) is 1.51. The van der Waals surface area contributed by atoms with E-state index in [0.717, 1.165) is 160 Å². The van der Waals surface area contributed by atoms with E-state index in [9.17, 15) is 22.8 Å². The Balaban J connectivity index is 0.000000120. The molecular weight excluding hydrogens is 1420 g/mol. The molecule has 10 heterocycles. The number of sulfonamides is 1. The molecule has 16 rings (SSSR count). The second-order valence-corrected chi connectivity index (χ2v) is 31.2. The van der Waals surface area contributed by atoms with Gasteiger partial charge in [-0.1, -0.05) is 97.7 Å². The van der Waals surface area contributed by atoms with E-state index in [1.807, 2.05) is 104 Å². The van der Waals surface area contributed by atoms with E-state index in [-0.39, 0.29) is 23.3 Å². The Morgan fingerprint density at radius 2 is 0.912 bits per heavy atom. The Morgan fingerprint density at radius 1 is 0.500 bits per heavy atom. The molecule has 0 saturated carbocycles. The van der Waals surface area contributed by atoms with Crippen LogP contribution in [0.3, 0.4) is 0 Å². The maximum Gasteiger partial charge on any atom is 0.306 e. The number of carbonyl (C=O) groups excluding carboxylic acids is 2. The summed E-state index contributed by atoms with van der Waals surface area (Å²) in [6, 6.07) is 32.0. The zero-order valence-electron chi connectivity index (χ0n) is 58.1. The van der Waals surface area contributed by atoms with Gasteiger partial charge in [0.25, 0.3) is 0 Å². The van der Waals surface area contributed by atoms with Crippen LogP contribution in [-0.2, 0) is 37.4 Å².